The molecule has 3 rings (SSSR count). The average Bonchev–Trinajstić information content (AvgIpc) is 3.21. The summed E-state index contributed by atoms with van der Waals surface area (Å²) in [5, 5.41) is 0.622. The fraction of sp³-hybridized carbons (Fsp3) is 0.526. The maximum atomic E-state index is 12.4. The van der Waals surface area contributed by atoms with Gasteiger partial charge in [0.15, 0.2) is 12.3 Å². The molecule has 0 spiro atoms. The number of nitrogens with zero attached hydrogens (tertiary/aromatic N) is 3. The minimum atomic E-state index is -1.45. The number of rotatable bonds is 6. The largest absolute Gasteiger partial charge is 0.460 e. The lowest BCUT2D eigenvalue weighted by molar-refractivity contribution is -0.180. The lowest BCUT2D eigenvalue weighted by atomic mass is 10.1. The summed E-state index contributed by atoms with van der Waals surface area (Å²) < 4.78 is 23.5. The number of anilines is 1. The van der Waals surface area contributed by atoms with Crippen molar-refractivity contribution in [3.8, 4) is 0 Å². The van der Waals surface area contributed by atoms with Crippen LogP contribution in [0.3, 0.4) is 0 Å². The molecular formula is C19H23BrN4O7. The first-order valence-corrected chi connectivity index (χ1v) is 10.3. The highest BCUT2D eigenvalue weighted by Crippen LogP contribution is 2.38. The van der Waals surface area contributed by atoms with Gasteiger partial charge in [0.05, 0.1) is 10.2 Å². The van der Waals surface area contributed by atoms with Gasteiger partial charge in [0.25, 0.3) is 0 Å². The first kappa shape index (κ1) is 22.9. The summed E-state index contributed by atoms with van der Waals surface area (Å²) in [5.41, 5.74) is 4.95. The molecule has 1 fully saturated rings. The van der Waals surface area contributed by atoms with Crippen LogP contribution in [-0.2, 0) is 33.3 Å². The van der Waals surface area contributed by atoms with Gasteiger partial charge in [-0.2, -0.15) is 0 Å². The molecule has 168 valence electrons. The van der Waals surface area contributed by atoms with Crippen LogP contribution in [0.15, 0.2) is 18.6 Å². The minimum Gasteiger partial charge on any atom is -0.460 e. The molecule has 4 atom stereocenters. The number of ether oxygens (including phenoxy) is 4. The van der Waals surface area contributed by atoms with Crippen LogP contribution >= 0.6 is 15.9 Å². The van der Waals surface area contributed by atoms with Gasteiger partial charge in [-0.05, 0) is 19.9 Å². The van der Waals surface area contributed by atoms with Gasteiger partial charge in [-0.25, -0.2) is 14.8 Å². The van der Waals surface area contributed by atoms with Crippen molar-refractivity contribution >= 4 is 50.7 Å². The monoisotopic (exact) mass is 498 g/mol. The second kappa shape index (κ2) is 8.79. The molecular weight excluding hydrogens is 476 g/mol. The molecule has 2 aromatic rings. The van der Waals surface area contributed by atoms with Crippen LogP contribution in [0.5, 0.6) is 0 Å². The number of carbonyl (C=O) groups is 3. The zero-order valence-corrected chi connectivity index (χ0v) is 19.0. The smallest absolute Gasteiger partial charge is 0.350 e. The van der Waals surface area contributed by atoms with Crippen LogP contribution in [-0.4, -0.2) is 61.7 Å². The van der Waals surface area contributed by atoms with Crippen LogP contribution in [0.1, 0.15) is 33.9 Å². The molecule has 0 bridgehead atoms. The molecule has 1 aliphatic heterocycles. The fourth-order valence-electron chi connectivity index (χ4n) is 3.30. The van der Waals surface area contributed by atoms with E-state index in [0.717, 1.165) is 0 Å². The molecule has 2 aromatic heterocycles. The summed E-state index contributed by atoms with van der Waals surface area (Å²) in [6.45, 7) is 5.19. The lowest BCUT2D eigenvalue weighted by Crippen LogP contribution is -2.40. The number of esters is 3. The zero-order valence-electron chi connectivity index (χ0n) is 17.4. The van der Waals surface area contributed by atoms with E-state index in [2.05, 4.69) is 25.9 Å². The number of alkyl halides is 1. The molecule has 0 unspecified atom stereocenters. The van der Waals surface area contributed by atoms with Crippen molar-refractivity contribution in [2.24, 2.45) is 0 Å². The van der Waals surface area contributed by atoms with Crippen LogP contribution in [0.2, 0.25) is 0 Å². The second-order valence-corrected chi connectivity index (χ2v) is 8.56. The van der Waals surface area contributed by atoms with Crippen molar-refractivity contribution in [2.75, 3.05) is 12.3 Å². The lowest BCUT2D eigenvalue weighted by Gasteiger charge is -2.23. The summed E-state index contributed by atoms with van der Waals surface area (Å²) in [7, 11) is 0. The van der Waals surface area contributed by atoms with Crippen molar-refractivity contribution in [2.45, 2.75) is 56.6 Å². The molecule has 1 saturated heterocycles. The Bertz CT molecular complexity index is 1010. The number of nitrogen functional groups attached to an aromatic ring is 1. The Hall–Kier alpha value is -2.73. The van der Waals surface area contributed by atoms with Crippen molar-refractivity contribution in [1.82, 2.24) is 14.5 Å². The molecule has 11 nitrogen and oxygen atoms in total. The van der Waals surface area contributed by atoms with Crippen LogP contribution in [0.4, 0.5) is 5.82 Å². The van der Waals surface area contributed by atoms with E-state index in [1.165, 1.54) is 34.0 Å². The third kappa shape index (κ3) is 4.79. The van der Waals surface area contributed by atoms with Crippen molar-refractivity contribution in [1.29, 1.82) is 0 Å². The maximum absolute atomic E-state index is 12.4. The molecule has 0 aromatic carbocycles. The van der Waals surface area contributed by atoms with Gasteiger partial charge in [-0.3, -0.25) is 9.59 Å². The van der Waals surface area contributed by atoms with Crippen molar-refractivity contribution in [3.05, 3.63) is 18.6 Å². The second-order valence-electron chi connectivity index (χ2n) is 7.51. The number of halogens is 1. The Kier molecular flexibility index (Phi) is 6.51. The molecule has 3 heterocycles. The zero-order chi connectivity index (χ0) is 22.9. The summed E-state index contributed by atoms with van der Waals surface area (Å²) in [4.78, 5) is 43.0. The van der Waals surface area contributed by atoms with Crippen molar-refractivity contribution in [3.63, 3.8) is 0 Å². The topological polar surface area (TPSA) is 145 Å². The fourth-order valence-corrected chi connectivity index (χ4v) is 3.95. The predicted octanol–water partition coefficient (Wildman–Crippen LogP) is 1.49. The van der Waals surface area contributed by atoms with Gasteiger partial charge >= 0.3 is 17.9 Å². The minimum absolute atomic E-state index is 0.163. The number of fused-ring (bicyclic) bond motifs is 1. The van der Waals surface area contributed by atoms with Crippen LogP contribution in [0, 0.1) is 0 Å². The highest BCUT2D eigenvalue weighted by Gasteiger charge is 2.48. The van der Waals surface area contributed by atoms with E-state index < -0.39 is 46.8 Å². The Labute approximate surface area is 186 Å². The highest BCUT2D eigenvalue weighted by molar-refractivity contribution is 9.09. The molecule has 12 heteroatoms. The Balaban J connectivity index is 1.81. The molecule has 0 amide bonds. The van der Waals surface area contributed by atoms with Gasteiger partial charge in [0.1, 0.15) is 30.5 Å². The standard InChI is InChI=1S/C19H23BrN4O7/c1-9(25)29-14-13(20)12(7-28-18(27)19(3,4)31-10(2)26)30-17(14)24-6-5-11-15(21)22-8-23-16(11)24/h5-6,8,12-14,17H,7H2,1-4H3,(H2,21,22,23)/t12-,13+,14-,17-/m1/s1. The van der Waals surface area contributed by atoms with Crippen LogP contribution in [0.25, 0.3) is 11.0 Å². The molecule has 2 N–H and O–H groups in total. The number of nitrogens with two attached hydrogens (primary N) is 1. The Morgan fingerprint density at radius 1 is 1.26 bits per heavy atom. The van der Waals surface area contributed by atoms with E-state index in [9.17, 15) is 14.4 Å². The van der Waals surface area contributed by atoms with Gasteiger partial charge in [-0.15, -0.1) is 0 Å². The van der Waals surface area contributed by atoms with Crippen LogP contribution < -0.4 is 5.73 Å². The highest BCUT2D eigenvalue weighted by atomic mass is 79.9. The third-order valence-electron chi connectivity index (χ3n) is 4.65. The number of hydrogen-bond acceptors (Lipinski definition) is 10. The van der Waals surface area contributed by atoms with Gasteiger partial charge in [0, 0.05) is 20.0 Å². The summed E-state index contributed by atoms with van der Waals surface area (Å²) in [6.07, 6.45) is 0.864. The summed E-state index contributed by atoms with van der Waals surface area (Å²) in [5.74, 6) is -1.53. The Morgan fingerprint density at radius 3 is 2.61 bits per heavy atom. The maximum Gasteiger partial charge on any atom is 0.350 e. The Morgan fingerprint density at radius 2 is 1.97 bits per heavy atom. The SMILES string of the molecule is CC(=O)O[C@@H]1[C@@H](Br)[C@@H](COC(=O)C(C)(C)OC(C)=O)O[C@H]1n1ccc2c(N)ncnc21. The quantitative estimate of drug-likeness (QED) is 0.353. The van der Waals surface area contributed by atoms with E-state index in [1.54, 1.807) is 16.8 Å². The normalized spacial score (nSPS) is 23.5. The van der Waals surface area contributed by atoms with Gasteiger partial charge < -0.3 is 29.2 Å². The summed E-state index contributed by atoms with van der Waals surface area (Å²) in [6, 6.07) is 1.73. The number of aromatic nitrogens is 3. The van der Waals surface area contributed by atoms with E-state index in [-0.39, 0.29) is 6.61 Å². The molecule has 0 aliphatic carbocycles. The first-order valence-electron chi connectivity index (χ1n) is 9.42. The number of hydrogen-bond donors (Lipinski definition) is 1. The third-order valence-corrected chi connectivity index (χ3v) is 5.76. The summed E-state index contributed by atoms with van der Waals surface area (Å²) >= 11 is 3.50. The van der Waals surface area contributed by atoms with E-state index >= 15 is 0 Å². The molecule has 1 aliphatic rings. The molecule has 0 saturated carbocycles. The average molecular weight is 499 g/mol. The van der Waals surface area contributed by atoms with E-state index in [0.29, 0.717) is 16.9 Å². The van der Waals surface area contributed by atoms with Crippen molar-refractivity contribution < 1.29 is 33.3 Å². The van der Waals surface area contributed by atoms with Gasteiger partial charge in [-0.1, -0.05) is 15.9 Å². The molecule has 0 radical (unpaired) electrons. The number of carbonyl (C=O) groups excluding carboxylic acids is 3. The molecule has 31 heavy (non-hydrogen) atoms. The predicted molar refractivity (Wildman–Crippen MR) is 111 cm³/mol. The van der Waals surface area contributed by atoms with E-state index in [4.69, 9.17) is 24.7 Å². The van der Waals surface area contributed by atoms with E-state index in [1.807, 2.05) is 0 Å². The first-order chi connectivity index (χ1) is 14.5. The van der Waals surface area contributed by atoms with Gasteiger partial charge in [0.2, 0.25) is 5.60 Å².